The van der Waals surface area contributed by atoms with Crippen LogP contribution in [-0.4, -0.2) is 50.2 Å². The molecule has 0 saturated heterocycles. The third-order valence-electron chi connectivity index (χ3n) is 5.49. The van der Waals surface area contributed by atoms with E-state index in [1.807, 2.05) is 0 Å². The summed E-state index contributed by atoms with van der Waals surface area (Å²) in [6, 6.07) is 7.57. The zero-order valence-electron chi connectivity index (χ0n) is 18.4. The molecule has 0 radical (unpaired) electrons. The zero-order valence-corrected chi connectivity index (χ0v) is 20.0. The first-order valence-electron chi connectivity index (χ1n) is 10.2. The molecule has 2 atom stereocenters. The number of nitrogens with two attached hydrogens (primary N) is 1. The van der Waals surface area contributed by atoms with E-state index in [2.05, 4.69) is 19.4 Å². The summed E-state index contributed by atoms with van der Waals surface area (Å²) in [5, 5.41) is 3.74. The summed E-state index contributed by atoms with van der Waals surface area (Å²) in [4.78, 5) is 4.55. The Morgan fingerprint density at radius 2 is 1.89 bits per heavy atom. The molecule has 194 valence electrons. The third kappa shape index (κ3) is 4.77. The fourth-order valence-corrected chi connectivity index (χ4v) is 5.53. The van der Waals surface area contributed by atoms with Gasteiger partial charge in [-0.3, -0.25) is 0 Å². The Balaban J connectivity index is 1.83. The van der Waals surface area contributed by atoms with Crippen LogP contribution in [-0.2, 0) is 27.0 Å². The minimum atomic E-state index is -5.57. The first-order valence-corrected chi connectivity index (χ1v) is 12.2. The normalized spacial score (nSPS) is 19.4. The van der Waals surface area contributed by atoms with Crippen LogP contribution in [0.15, 0.2) is 45.8 Å². The van der Waals surface area contributed by atoms with Gasteiger partial charge in [0.15, 0.2) is 9.84 Å². The predicted octanol–water partition coefficient (Wildman–Crippen LogP) is 3.98. The molecule has 15 heteroatoms. The van der Waals surface area contributed by atoms with Crippen LogP contribution >= 0.6 is 11.6 Å². The average Bonchev–Trinajstić information content (AvgIpc) is 3.25. The van der Waals surface area contributed by atoms with Crippen molar-refractivity contribution in [2.45, 2.75) is 29.5 Å². The van der Waals surface area contributed by atoms with Crippen LogP contribution in [0, 0.1) is 5.82 Å². The van der Waals surface area contributed by atoms with Crippen molar-refractivity contribution in [3.63, 3.8) is 0 Å². The van der Waals surface area contributed by atoms with E-state index in [1.165, 1.54) is 0 Å². The number of nitrogens with zero attached hydrogens (tertiary/aromatic N) is 3. The first-order chi connectivity index (χ1) is 16.7. The molecule has 2 N–H and O–H groups in total. The van der Waals surface area contributed by atoms with Gasteiger partial charge in [0, 0.05) is 31.3 Å². The van der Waals surface area contributed by atoms with Gasteiger partial charge in [-0.25, -0.2) is 12.8 Å². The summed E-state index contributed by atoms with van der Waals surface area (Å²) >= 11 is 5.92. The molecule has 3 aromatic rings. The second-order valence-electron chi connectivity index (χ2n) is 8.07. The lowest BCUT2D eigenvalue weighted by Crippen LogP contribution is -2.40. The van der Waals surface area contributed by atoms with Crippen molar-refractivity contribution < 1.29 is 39.6 Å². The van der Waals surface area contributed by atoms with Crippen molar-refractivity contribution in [2.75, 3.05) is 24.3 Å². The van der Waals surface area contributed by atoms with E-state index >= 15 is 4.39 Å². The summed E-state index contributed by atoms with van der Waals surface area (Å²) in [7, 11) is -3.60. The summed E-state index contributed by atoms with van der Waals surface area (Å²) < 4.78 is 103. The molecule has 2 aromatic carbocycles. The lowest BCUT2D eigenvalue weighted by Gasteiger charge is -2.26. The molecule has 2 heterocycles. The van der Waals surface area contributed by atoms with Gasteiger partial charge in [0.05, 0.1) is 21.9 Å². The first kappa shape index (κ1) is 26.3. The van der Waals surface area contributed by atoms with Gasteiger partial charge < -0.3 is 19.9 Å². The number of rotatable bonds is 5. The van der Waals surface area contributed by atoms with Gasteiger partial charge in [-0.15, -0.1) is 0 Å². The van der Waals surface area contributed by atoms with Crippen LogP contribution in [0.5, 0.6) is 0 Å². The second-order valence-corrected chi connectivity index (χ2v) is 10.5. The molecule has 0 fully saturated rings. The van der Waals surface area contributed by atoms with E-state index in [0.29, 0.717) is 18.2 Å². The zero-order chi connectivity index (χ0) is 26.5. The average molecular weight is 553 g/mol. The molecule has 4 rings (SSSR count). The minimum Gasteiger partial charge on any atom is -0.365 e. The Labute approximate surface area is 206 Å². The molecule has 1 aromatic heterocycles. The van der Waals surface area contributed by atoms with E-state index in [4.69, 9.17) is 17.3 Å². The van der Waals surface area contributed by atoms with Gasteiger partial charge in [-0.1, -0.05) is 28.9 Å². The van der Waals surface area contributed by atoms with Gasteiger partial charge in [0.1, 0.15) is 5.82 Å². The number of fused-ring (bicyclic) bond motifs is 1. The maximum Gasteiger partial charge on any atom is 0.458 e. The van der Waals surface area contributed by atoms with E-state index < -0.39 is 56.8 Å². The molecule has 8 nitrogen and oxygen atoms in total. The van der Waals surface area contributed by atoms with Gasteiger partial charge in [0.25, 0.3) is 0 Å². The number of alkyl halides is 4. The van der Waals surface area contributed by atoms with Crippen LogP contribution in [0.4, 0.5) is 27.6 Å². The van der Waals surface area contributed by atoms with Crippen LogP contribution < -0.4 is 10.6 Å². The van der Waals surface area contributed by atoms with E-state index in [1.54, 1.807) is 29.2 Å². The van der Waals surface area contributed by atoms with Crippen LogP contribution in [0.1, 0.15) is 11.5 Å². The van der Waals surface area contributed by atoms with E-state index in [0.717, 1.165) is 11.6 Å². The SMILES string of the molecule is COC(F)(c1nc(-c2cc3c(cc2F)S(=O)(=O)C[C@H](N)CN3Cc2ccc(Cl)cc2)no1)C(F)(F)F. The smallest absolute Gasteiger partial charge is 0.365 e. The van der Waals surface area contributed by atoms with Crippen LogP contribution in [0.2, 0.25) is 5.02 Å². The molecule has 0 aliphatic carbocycles. The molecule has 1 aliphatic rings. The number of methoxy groups -OCH3 is 1. The maximum absolute atomic E-state index is 15.1. The Morgan fingerprint density at radius 3 is 2.50 bits per heavy atom. The predicted molar refractivity (Wildman–Crippen MR) is 118 cm³/mol. The molecule has 0 spiro atoms. The van der Waals surface area contributed by atoms with Crippen LogP contribution in [0.25, 0.3) is 11.4 Å². The number of halogens is 6. The van der Waals surface area contributed by atoms with Gasteiger partial charge in [0.2, 0.25) is 5.82 Å². The summed E-state index contributed by atoms with van der Waals surface area (Å²) in [5.41, 5.74) is 6.23. The van der Waals surface area contributed by atoms with Gasteiger partial charge in [-0.05, 0) is 29.8 Å². The monoisotopic (exact) mass is 552 g/mol. The van der Waals surface area contributed by atoms with Crippen molar-refractivity contribution >= 4 is 27.1 Å². The quantitative estimate of drug-likeness (QED) is 0.473. The Morgan fingerprint density at radius 1 is 1.22 bits per heavy atom. The molecule has 0 saturated carbocycles. The Kier molecular flexibility index (Phi) is 6.75. The highest BCUT2D eigenvalue weighted by molar-refractivity contribution is 7.91. The highest BCUT2D eigenvalue weighted by Gasteiger charge is 2.63. The Hall–Kier alpha value is -2.81. The largest absolute Gasteiger partial charge is 0.458 e. The van der Waals surface area contributed by atoms with Crippen molar-refractivity contribution in [2.24, 2.45) is 5.73 Å². The number of hydrogen-bond donors (Lipinski definition) is 1. The van der Waals surface area contributed by atoms with Crippen molar-refractivity contribution in [3.8, 4) is 11.4 Å². The second kappa shape index (κ2) is 9.25. The number of anilines is 1. The topological polar surface area (TPSA) is 112 Å². The van der Waals surface area contributed by atoms with Gasteiger partial charge >= 0.3 is 17.9 Å². The van der Waals surface area contributed by atoms with Crippen molar-refractivity contribution in [3.05, 3.63) is 58.7 Å². The number of aromatic nitrogens is 2. The number of sulfone groups is 1. The standard InChI is InChI=1S/C21H18ClF5N4O4S/c1-34-20(24,21(25,26)27)19-29-18(30-35-19)14-6-16-17(7-15(14)23)36(32,33)10-13(28)9-31(16)8-11-2-4-12(22)5-3-11/h2-7,13H,8-10,28H2,1H3/t13-,20?/m1/s1. The third-order valence-corrected chi connectivity index (χ3v) is 7.60. The van der Waals surface area contributed by atoms with Gasteiger partial charge in [-0.2, -0.15) is 22.5 Å². The molecule has 36 heavy (non-hydrogen) atoms. The fraction of sp³-hybridized carbons (Fsp3) is 0.333. The summed E-state index contributed by atoms with van der Waals surface area (Å²) in [6.07, 6.45) is -5.57. The lowest BCUT2D eigenvalue weighted by molar-refractivity contribution is -0.342. The van der Waals surface area contributed by atoms with Crippen LogP contribution in [0.3, 0.4) is 0 Å². The highest BCUT2D eigenvalue weighted by Crippen LogP contribution is 2.43. The molecule has 0 amide bonds. The van der Waals surface area contributed by atoms with Crippen molar-refractivity contribution in [1.82, 2.24) is 10.1 Å². The summed E-state index contributed by atoms with van der Waals surface area (Å²) in [6.45, 7) is 0.185. The molecular formula is C21H18ClF5N4O4S. The molecular weight excluding hydrogens is 535 g/mol. The molecule has 0 bridgehead atoms. The number of benzene rings is 2. The Bertz CT molecular complexity index is 1380. The summed E-state index contributed by atoms with van der Waals surface area (Å²) in [5.74, 6) is -8.43. The molecule has 1 aliphatic heterocycles. The maximum atomic E-state index is 15.1. The molecule has 1 unspecified atom stereocenters. The van der Waals surface area contributed by atoms with Crippen molar-refractivity contribution in [1.29, 1.82) is 0 Å². The van der Waals surface area contributed by atoms with E-state index in [9.17, 15) is 26.0 Å². The number of ether oxygens (including phenoxy) is 1. The number of hydrogen-bond acceptors (Lipinski definition) is 8. The lowest BCUT2D eigenvalue weighted by atomic mass is 10.1. The van der Waals surface area contributed by atoms with E-state index in [-0.39, 0.29) is 23.7 Å². The fourth-order valence-electron chi connectivity index (χ4n) is 3.76. The minimum absolute atomic E-state index is 0.00900. The highest BCUT2D eigenvalue weighted by atomic mass is 35.5.